The fourth-order valence-corrected chi connectivity index (χ4v) is 2.41. The second kappa shape index (κ2) is 5.50. The number of nitro groups is 1. The van der Waals surface area contributed by atoms with E-state index >= 15 is 0 Å². The molecule has 1 saturated carbocycles. The van der Waals surface area contributed by atoms with Crippen LogP contribution in [0.5, 0.6) is 0 Å². The number of rotatable bonds is 3. The minimum absolute atomic E-state index is 0.106. The third-order valence-corrected chi connectivity index (χ3v) is 3.30. The molecule has 0 atom stereocenters. The largest absolute Gasteiger partial charge is 0.377 e. The van der Waals surface area contributed by atoms with Gasteiger partial charge in [-0.05, 0) is 25.0 Å². The van der Waals surface area contributed by atoms with Gasteiger partial charge in [0.15, 0.2) is 0 Å². The zero-order chi connectivity index (χ0) is 13.0. The summed E-state index contributed by atoms with van der Waals surface area (Å²) in [5, 5.41) is 23.2. The Morgan fingerprint density at radius 3 is 2.67 bits per heavy atom. The highest BCUT2D eigenvalue weighted by Gasteiger charge is 2.22. The number of nitrogens with one attached hydrogen (secondary N) is 1. The van der Waals surface area contributed by atoms with E-state index in [1.807, 2.05) is 6.07 Å². The lowest BCUT2D eigenvalue weighted by Gasteiger charge is -2.23. The van der Waals surface area contributed by atoms with Gasteiger partial charge < -0.3 is 5.32 Å². The molecule has 1 fully saturated rings. The number of hydrogen-bond donors (Lipinski definition) is 1. The summed E-state index contributed by atoms with van der Waals surface area (Å²) in [6.07, 6.45) is 5.62. The van der Waals surface area contributed by atoms with Gasteiger partial charge in [-0.3, -0.25) is 10.1 Å². The minimum atomic E-state index is -0.482. The normalized spacial score (nSPS) is 15.9. The molecule has 0 bridgehead atoms. The molecule has 5 nitrogen and oxygen atoms in total. The fraction of sp³-hybridized carbons (Fsp3) is 0.462. The average Bonchev–Trinajstić information content (AvgIpc) is 2.39. The van der Waals surface area contributed by atoms with E-state index in [9.17, 15) is 10.1 Å². The predicted molar refractivity (Wildman–Crippen MR) is 68.3 cm³/mol. The molecule has 2 rings (SSSR count). The molecule has 0 radical (unpaired) electrons. The van der Waals surface area contributed by atoms with Gasteiger partial charge in [0.1, 0.15) is 17.3 Å². The lowest BCUT2D eigenvalue weighted by molar-refractivity contribution is -0.384. The maximum Gasteiger partial charge on any atom is 0.309 e. The number of nitriles is 1. The van der Waals surface area contributed by atoms with Crippen LogP contribution < -0.4 is 5.32 Å². The number of para-hydroxylation sites is 1. The van der Waals surface area contributed by atoms with Crippen LogP contribution in [0.3, 0.4) is 0 Å². The van der Waals surface area contributed by atoms with Gasteiger partial charge in [-0.1, -0.05) is 25.3 Å². The van der Waals surface area contributed by atoms with E-state index < -0.39 is 4.92 Å². The Kier molecular flexibility index (Phi) is 3.78. The SMILES string of the molecule is N#Cc1cccc(NC2CCCCC2)c1[N+](=O)[O-]. The number of benzene rings is 1. The summed E-state index contributed by atoms with van der Waals surface area (Å²) >= 11 is 0. The second-order valence-electron chi connectivity index (χ2n) is 4.55. The van der Waals surface area contributed by atoms with Crippen LogP contribution in [0.25, 0.3) is 0 Å². The molecule has 0 aliphatic heterocycles. The summed E-state index contributed by atoms with van der Waals surface area (Å²) in [5.41, 5.74) is 0.470. The van der Waals surface area contributed by atoms with Crippen LogP contribution in [-0.4, -0.2) is 11.0 Å². The average molecular weight is 245 g/mol. The van der Waals surface area contributed by atoms with Gasteiger partial charge in [-0.25, -0.2) is 0 Å². The molecular weight excluding hydrogens is 230 g/mol. The van der Waals surface area contributed by atoms with Crippen LogP contribution in [0.15, 0.2) is 18.2 Å². The Bertz CT molecular complexity index is 487. The molecule has 0 unspecified atom stereocenters. The highest BCUT2D eigenvalue weighted by atomic mass is 16.6. The van der Waals surface area contributed by atoms with E-state index in [2.05, 4.69) is 5.32 Å². The summed E-state index contributed by atoms with van der Waals surface area (Å²) in [7, 11) is 0. The smallest absolute Gasteiger partial charge is 0.309 e. The number of anilines is 1. The van der Waals surface area contributed by atoms with Crippen molar-refractivity contribution < 1.29 is 4.92 Å². The molecule has 94 valence electrons. The highest BCUT2D eigenvalue weighted by Crippen LogP contribution is 2.30. The van der Waals surface area contributed by atoms with E-state index in [-0.39, 0.29) is 17.3 Å². The molecule has 0 saturated heterocycles. The van der Waals surface area contributed by atoms with Crippen LogP contribution in [0.1, 0.15) is 37.7 Å². The van der Waals surface area contributed by atoms with Crippen LogP contribution in [0, 0.1) is 21.4 Å². The summed E-state index contributed by atoms with van der Waals surface area (Å²) in [6, 6.07) is 6.98. The number of nitrogens with zero attached hydrogens (tertiary/aromatic N) is 2. The van der Waals surface area contributed by atoms with Crippen molar-refractivity contribution in [2.75, 3.05) is 5.32 Å². The molecule has 1 aromatic carbocycles. The topological polar surface area (TPSA) is 79.0 Å². The maximum atomic E-state index is 11.1. The van der Waals surface area contributed by atoms with Gasteiger partial charge in [0.2, 0.25) is 0 Å². The quantitative estimate of drug-likeness (QED) is 0.655. The monoisotopic (exact) mass is 245 g/mol. The summed E-state index contributed by atoms with van der Waals surface area (Å²) in [4.78, 5) is 10.6. The van der Waals surface area contributed by atoms with Gasteiger partial charge in [0, 0.05) is 6.04 Å². The van der Waals surface area contributed by atoms with Gasteiger partial charge in [-0.15, -0.1) is 0 Å². The summed E-state index contributed by atoms with van der Waals surface area (Å²) < 4.78 is 0. The minimum Gasteiger partial charge on any atom is -0.377 e. The molecule has 0 aromatic heterocycles. The maximum absolute atomic E-state index is 11.1. The van der Waals surface area contributed by atoms with Gasteiger partial charge in [-0.2, -0.15) is 5.26 Å². The Balaban J connectivity index is 2.26. The Labute approximate surface area is 106 Å². The first-order valence-corrected chi connectivity index (χ1v) is 6.16. The standard InChI is InChI=1S/C13H15N3O2/c14-9-10-5-4-8-12(13(10)16(17)18)15-11-6-2-1-3-7-11/h4-5,8,11,15H,1-3,6-7H2. The molecule has 1 aliphatic carbocycles. The van der Waals surface area contributed by atoms with Crippen molar-refractivity contribution in [1.82, 2.24) is 0 Å². The highest BCUT2D eigenvalue weighted by molar-refractivity contribution is 5.68. The van der Waals surface area contributed by atoms with Crippen molar-refractivity contribution >= 4 is 11.4 Å². The molecule has 1 aliphatic rings. The van der Waals surface area contributed by atoms with Gasteiger partial charge >= 0.3 is 5.69 Å². The van der Waals surface area contributed by atoms with Crippen molar-refractivity contribution in [2.45, 2.75) is 38.1 Å². The summed E-state index contributed by atoms with van der Waals surface area (Å²) in [6.45, 7) is 0. The lowest BCUT2D eigenvalue weighted by Crippen LogP contribution is -2.22. The molecule has 0 heterocycles. The second-order valence-corrected chi connectivity index (χ2v) is 4.55. The third kappa shape index (κ3) is 2.59. The molecule has 0 spiro atoms. The molecule has 0 amide bonds. The third-order valence-electron chi connectivity index (χ3n) is 3.30. The van der Waals surface area contributed by atoms with E-state index in [0.29, 0.717) is 5.69 Å². The van der Waals surface area contributed by atoms with Crippen LogP contribution >= 0.6 is 0 Å². The molecular formula is C13H15N3O2. The first-order chi connectivity index (χ1) is 8.72. The van der Waals surface area contributed by atoms with E-state index in [4.69, 9.17) is 5.26 Å². The van der Waals surface area contributed by atoms with Crippen molar-refractivity contribution in [3.8, 4) is 6.07 Å². The lowest BCUT2D eigenvalue weighted by atomic mass is 9.95. The molecule has 1 N–H and O–H groups in total. The van der Waals surface area contributed by atoms with E-state index in [0.717, 1.165) is 25.7 Å². The van der Waals surface area contributed by atoms with Crippen LogP contribution in [0.4, 0.5) is 11.4 Å². The first-order valence-electron chi connectivity index (χ1n) is 6.16. The Hall–Kier alpha value is -2.09. The fourth-order valence-electron chi connectivity index (χ4n) is 2.41. The predicted octanol–water partition coefficient (Wildman–Crippen LogP) is 3.21. The zero-order valence-electron chi connectivity index (χ0n) is 10.1. The summed E-state index contributed by atoms with van der Waals surface area (Å²) in [5.74, 6) is 0. The van der Waals surface area contributed by atoms with Gasteiger partial charge in [0.05, 0.1) is 4.92 Å². The molecule has 5 heteroatoms. The molecule has 18 heavy (non-hydrogen) atoms. The van der Waals surface area contributed by atoms with Gasteiger partial charge in [0.25, 0.3) is 0 Å². The first kappa shape index (κ1) is 12.4. The van der Waals surface area contributed by atoms with E-state index in [1.165, 1.54) is 12.5 Å². The van der Waals surface area contributed by atoms with Crippen LogP contribution in [0.2, 0.25) is 0 Å². The van der Waals surface area contributed by atoms with Crippen molar-refractivity contribution in [3.05, 3.63) is 33.9 Å². The molecule has 1 aromatic rings. The van der Waals surface area contributed by atoms with Crippen LogP contribution in [-0.2, 0) is 0 Å². The Morgan fingerprint density at radius 1 is 1.33 bits per heavy atom. The van der Waals surface area contributed by atoms with Crippen molar-refractivity contribution in [2.24, 2.45) is 0 Å². The zero-order valence-corrected chi connectivity index (χ0v) is 10.1. The Morgan fingerprint density at radius 2 is 2.06 bits per heavy atom. The van der Waals surface area contributed by atoms with Crippen molar-refractivity contribution in [3.63, 3.8) is 0 Å². The van der Waals surface area contributed by atoms with Crippen molar-refractivity contribution in [1.29, 1.82) is 5.26 Å². The number of hydrogen-bond acceptors (Lipinski definition) is 4. The number of nitro benzene ring substituents is 1. The van der Waals surface area contributed by atoms with E-state index in [1.54, 1.807) is 12.1 Å².